The molecule has 1 aliphatic heterocycles. The van der Waals surface area contributed by atoms with E-state index in [0.29, 0.717) is 9.50 Å². The Labute approximate surface area is 224 Å². The van der Waals surface area contributed by atoms with E-state index in [0.717, 1.165) is 10.5 Å². The number of barbiturate groups is 1. The van der Waals surface area contributed by atoms with Crippen molar-refractivity contribution >= 4 is 68.7 Å². The molecule has 0 spiro atoms. The van der Waals surface area contributed by atoms with E-state index in [1.807, 2.05) is 0 Å². The summed E-state index contributed by atoms with van der Waals surface area (Å²) in [6, 6.07) is 14.1. The molecule has 4 rings (SSSR count). The Kier molecular flexibility index (Phi) is 7.70. The largest absolute Gasteiger partial charge is 0.483 e. The van der Waals surface area contributed by atoms with Crippen molar-refractivity contribution in [2.45, 2.75) is 6.92 Å². The lowest BCUT2D eigenvalue weighted by molar-refractivity contribution is -0.122. The summed E-state index contributed by atoms with van der Waals surface area (Å²) in [4.78, 5) is 51.4. The number of amides is 5. The highest BCUT2D eigenvalue weighted by Gasteiger charge is 2.37. The number of anilines is 2. The van der Waals surface area contributed by atoms with Crippen molar-refractivity contribution in [3.63, 3.8) is 0 Å². The van der Waals surface area contributed by atoms with Gasteiger partial charge in [0.05, 0.1) is 11.4 Å². The molecule has 0 atom stereocenters. The molecule has 5 amide bonds. The second kappa shape index (κ2) is 10.9. The number of halogens is 3. The van der Waals surface area contributed by atoms with E-state index in [1.54, 1.807) is 31.2 Å². The molecule has 0 radical (unpaired) electrons. The SMILES string of the molecule is Cc1ccc(N2C(=O)NC(=O)/C(=C\c3cc(Br)ccc3OCC(=O)Nc3ccccc3F)C2=O)cc1Cl. The number of benzene rings is 3. The molecule has 11 heteroatoms. The Balaban J connectivity index is 1.60. The van der Waals surface area contributed by atoms with Gasteiger partial charge < -0.3 is 10.1 Å². The fraction of sp³-hybridized carbons (Fsp3) is 0.0769. The smallest absolute Gasteiger partial charge is 0.335 e. The lowest BCUT2D eigenvalue weighted by Gasteiger charge is -2.26. The molecule has 0 unspecified atom stereocenters. The molecule has 1 aliphatic rings. The van der Waals surface area contributed by atoms with Crippen LogP contribution >= 0.6 is 27.5 Å². The van der Waals surface area contributed by atoms with E-state index in [2.05, 4.69) is 26.6 Å². The molecule has 0 aliphatic carbocycles. The summed E-state index contributed by atoms with van der Waals surface area (Å²) >= 11 is 9.48. The lowest BCUT2D eigenvalue weighted by atomic mass is 10.1. The predicted octanol–water partition coefficient (Wildman–Crippen LogP) is 5.23. The molecule has 3 aromatic rings. The van der Waals surface area contributed by atoms with E-state index in [4.69, 9.17) is 16.3 Å². The number of aryl methyl sites for hydroxylation is 1. The van der Waals surface area contributed by atoms with Gasteiger partial charge in [-0.25, -0.2) is 14.1 Å². The van der Waals surface area contributed by atoms with Gasteiger partial charge in [-0.3, -0.25) is 19.7 Å². The summed E-state index contributed by atoms with van der Waals surface area (Å²) in [6.07, 6.45) is 1.25. The van der Waals surface area contributed by atoms with Crippen LogP contribution in [0.15, 0.2) is 70.7 Å². The molecule has 1 fully saturated rings. The molecule has 0 saturated carbocycles. The highest BCUT2D eigenvalue weighted by molar-refractivity contribution is 9.10. The number of nitrogens with one attached hydrogen (secondary N) is 2. The van der Waals surface area contributed by atoms with Crippen LogP contribution in [0, 0.1) is 12.7 Å². The third-order valence-electron chi connectivity index (χ3n) is 5.29. The van der Waals surface area contributed by atoms with Gasteiger partial charge in [-0.1, -0.05) is 45.7 Å². The number of nitrogens with zero attached hydrogens (tertiary/aromatic N) is 1. The zero-order valence-electron chi connectivity index (χ0n) is 19.2. The summed E-state index contributed by atoms with van der Waals surface area (Å²) in [6.45, 7) is 1.29. The number of rotatable bonds is 6. The van der Waals surface area contributed by atoms with Gasteiger partial charge in [0.25, 0.3) is 17.7 Å². The highest BCUT2D eigenvalue weighted by atomic mass is 79.9. The summed E-state index contributed by atoms with van der Waals surface area (Å²) in [5.41, 5.74) is 0.877. The van der Waals surface area contributed by atoms with Crippen LogP contribution in [0.2, 0.25) is 5.02 Å². The van der Waals surface area contributed by atoms with Crippen LogP contribution in [0.5, 0.6) is 5.75 Å². The average Bonchev–Trinajstić information content (AvgIpc) is 2.84. The number of para-hydroxylation sites is 1. The van der Waals surface area contributed by atoms with Crippen LogP contribution in [0.1, 0.15) is 11.1 Å². The van der Waals surface area contributed by atoms with Gasteiger partial charge in [0.2, 0.25) is 0 Å². The normalized spacial score (nSPS) is 14.5. The minimum absolute atomic E-state index is 0.000288. The van der Waals surface area contributed by atoms with E-state index in [1.165, 1.54) is 42.5 Å². The standard InChI is InChI=1S/C26H18BrClFN3O5/c1-14-6-8-17(12-19(14)28)32-25(35)18(24(34)31-26(32)36)11-15-10-16(27)7-9-22(15)37-13-23(33)30-21-5-3-2-4-20(21)29/h2-12H,13H2,1H3,(H,30,33)(H,31,34,36)/b18-11+. The van der Waals surface area contributed by atoms with E-state index in [-0.39, 0.29) is 28.3 Å². The first-order chi connectivity index (χ1) is 17.6. The first-order valence-corrected chi connectivity index (χ1v) is 12.0. The summed E-state index contributed by atoms with van der Waals surface area (Å²) in [5.74, 6) is -2.81. The Hall–Kier alpha value is -4.02. The van der Waals surface area contributed by atoms with E-state index in [9.17, 15) is 23.6 Å². The zero-order valence-corrected chi connectivity index (χ0v) is 21.5. The number of carbonyl (C=O) groups is 4. The first-order valence-electron chi connectivity index (χ1n) is 10.8. The predicted molar refractivity (Wildman–Crippen MR) is 140 cm³/mol. The molecule has 2 N–H and O–H groups in total. The average molecular weight is 587 g/mol. The highest BCUT2D eigenvalue weighted by Crippen LogP contribution is 2.29. The van der Waals surface area contributed by atoms with Crippen LogP contribution in [0.4, 0.5) is 20.6 Å². The number of ether oxygens (including phenoxy) is 1. The molecular weight excluding hydrogens is 569 g/mol. The monoisotopic (exact) mass is 585 g/mol. The van der Waals surface area contributed by atoms with Crippen LogP contribution in [0.25, 0.3) is 6.08 Å². The van der Waals surface area contributed by atoms with Crippen LogP contribution in [0.3, 0.4) is 0 Å². The molecule has 3 aromatic carbocycles. The van der Waals surface area contributed by atoms with Gasteiger partial charge in [-0.2, -0.15) is 0 Å². The molecule has 188 valence electrons. The second-order valence-corrected chi connectivity index (χ2v) is 9.21. The Morgan fingerprint density at radius 2 is 1.89 bits per heavy atom. The first kappa shape index (κ1) is 26.1. The maximum absolute atomic E-state index is 13.8. The minimum Gasteiger partial charge on any atom is -0.483 e. The summed E-state index contributed by atoms with van der Waals surface area (Å²) < 4.78 is 20.0. The molecule has 1 heterocycles. The Bertz CT molecular complexity index is 1480. The van der Waals surface area contributed by atoms with Gasteiger partial charge in [0, 0.05) is 15.1 Å². The van der Waals surface area contributed by atoms with Crippen LogP contribution in [-0.4, -0.2) is 30.4 Å². The maximum Gasteiger partial charge on any atom is 0.335 e. The second-order valence-electron chi connectivity index (χ2n) is 7.89. The maximum atomic E-state index is 13.8. The van der Waals surface area contributed by atoms with Crippen molar-refractivity contribution < 1.29 is 28.3 Å². The number of urea groups is 1. The Morgan fingerprint density at radius 3 is 2.62 bits per heavy atom. The third-order valence-corrected chi connectivity index (χ3v) is 6.19. The summed E-state index contributed by atoms with van der Waals surface area (Å²) in [7, 11) is 0. The van der Waals surface area contributed by atoms with Crippen LogP contribution in [-0.2, 0) is 14.4 Å². The fourth-order valence-corrected chi connectivity index (χ4v) is 3.98. The van der Waals surface area contributed by atoms with Crippen molar-refractivity contribution in [3.8, 4) is 5.75 Å². The molecule has 1 saturated heterocycles. The van der Waals surface area contributed by atoms with Gasteiger partial charge in [-0.15, -0.1) is 0 Å². The number of hydrogen-bond donors (Lipinski definition) is 2. The molecule has 0 aromatic heterocycles. The number of carbonyl (C=O) groups excluding carboxylic acids is 4. The van der Waals surface area contributed by atoms with Crippen molar-refractivity contribution in [2.75, 3.05) is 16.8 Å². The molecule has 37 heavy (non-hydrogen) atoms. The molecule has 0 bridgehead atoms. The lowest BCUT2D eigenvalue weighted by Crippen LogP contribution is -2.54. The zero-order chi connectivity index (χ0) is 26.7. The van der Waals surface area contributed by atoms with Crippen molar-refractivity contribution in [2.24, 2.45) is 0 Å². The van der Waals surface area contributed by atoms with Crippen molar-refractivity contribution in [3.05, 3.63) is 92.7 Å². The van der Waals surface area contributed by atoms with Gasteiger partial charge >= 0.3 is 6.03 Å². The van der Waals surface area contributed by atoms with Gasteiger partial charge in [0.15, 0.2) is 6.61 Å². The topological polar surface area (TPSA) is 105 Å². The summed E-state index contributed by atoms with van der Waals surface area (Å²) in [5, 5.41) is 4.89. The van der Waals surface area contributed by atoms with Crippen LogP contribution < -0.4 is 20.3 Å². The number of imide groups is 2. The van der Waals surface area contributed by atoms with Gasteiger partial charge in [0.1, 0.15) is 17.1 Å². The van der Waals surface area contributed by atoms with Gasteiger partial charge in [-0.05, 0) is 61.0 Å². The fourth-order valence-electron chi connectivity index (χ4n) is 3.42. The minimum atomic E-state index is -0.914. The van der Waals surface area contributed by atoms with E-state index < -0.39 is 36.2 Å². The third kappa shape index (κ3) is 5.87. The quantitative estimate of drug-likeness (QED) is 0.304. The number of hydrogen-bond acceptors (Lipinski definition) is 5. The van der Waals surface area contributed by atoms with Crippen molar-refractivity contribution in [1.82, 2.24) is 5.32 Å². The molecule has 8 nitrogen and oxygen atoms in total. The van der Waals surface area contributed by atoms with Crippen molar-refractivity contribution in [1.29, 1.82) is 0 Å². The van der Waals surface area contributed by atoms with E-state index >= 15 is 0 Å². The Morgan fingerprint density at radius 1 is 1.14 bits per heavy atom. The molecular formula is C26H18BrClFN3O5.